The highest BCUT2D eigenvalue weighted by atomic mass is 32.2. The molecule has 9 heteroatoms. The van der Waals surface area contributed by atoms with E-state index in [1.165, 1.54) is 4.40 Å². The molecule has 0 unspecified atom stereocenters. The zero-order chi connectivity index (χ0) is 23.2. The summed E-state index contributed by atoms with van der Waals surface area (Å²) in [7, 11) is -1.92. The molecule has 0 N–H and O–H groups in total. The summed E-state index contributed by atoms with van der Waals surface area (Å²) in [6.07, 6.45) is 2.68. The topological polar surface area (TPSA) is 89.6 Å². The van der Waals surface area contributed by atoms with E-state index >= 15 is 0 Å². The minimum atomic E-state index is -3.60. The van der Waals surface area contributed by atoms with E-state index in [0.29, 0.717) is 12.1 Å². The minimum Gasteiger partial charge on any atom is -0.336 e. The summed E-state index contributed by atoms with van der Waals surface area (Å²) in [6, 6.07) is 13.1. The molecular weight excluding hydrogens is 426 g/mol. The molecule has 0 aliphatic rings. The van der Waals surface area contributed by atoms with Crippen molar-refractivity contribution in [3.63, 3.8) is 0 Å². The number of hydrogen-bond acceptors (Lipinski definition) is 5. The molecule has 3 aromatic heterocycles. The van der Waals surface area contributed by atoms with Crippen molar-refractivity contribution in [3.05, 3.63) is 76.9 Å². The second-order valence-electron chi connectivity index (χ2n) is 7.98. The van der Waals surface area contributed by atoms with Crippen molar-refractivity contribution in [2.45, 2.75) is 32.5 Å². The van der Waals surface area contributed by atoms with Crippen LogP contribution in [0.4, 0.5) is 0 Å². The molecule has 8 nitrogen and oxygen atoms in total. The Morgan fingerprint density at radius 1 is 1.06 bits per heavy atom. The Morgan fingerprint density at radius 3 is 2.44 bits per heavy atom. The fourth-order valence-corrected chi connectivity index (χ4v) is 4.63. The number of nitrogens with zero attached hydrogens (tertiary/aromatic N) is 5. The first-order valence-corrected chi connectivity index (χ1v) is 12.0. The average Bonchev–Trinajstić information content (AvgIpc) is 3.27. The van der Waals surface area contributed by atoms with Crippen molar-refractivity contribution in [3.8, 4) is 5.69 Å². The Morgan fingerprint density at radius 2 is 1.75 bits per heavy atom. The molecule has 166 valence electrons. The molecule has 0 atom stereocenters. The first-order valence-electron chi connectivity index (χ1n) is 10.1. The number of fused-ring (bicyclic) bond motifs is 1. The number of aryl methyl sites for hydroxylation is 2. The van der Waals surface area contributed by atoms with Crippen LogP contribution in [0.2, 0.25) is 0 Å². The monoisotopic (exact) mass is 451 g/mol. The van der Waals surface area contributed by atoms with E-state index in [2.05, 4.69) is 4.98 Å². The molecule has 4 rings (SSSR count). The lowest BCUT2D eigenvalue weighted by Crippen LogP contribution is -2.27. The number of carbonyl (C=O) groups excluding carboxylic acids is 1. The summed E-state index contributed by atoms with van der Waals surface area (Å²) in [5.74, 6) is -0.356. The zero-order valence-corrected chi connectivity index (χ0v) is 19.5. The number of benzene rings is 1. The molecule has 0 aliphatic heterocycles. The van der Waals surface area contributed by atoms with Gasteiger partial charge >= 0.3 is 0 Å². The summed E-state index contributed by atoms with van der Waals surface area (Å²) < 4.78 is 27.7. The van der Waals surface area contributed by atoms with Crippen molar-refractivity contribution < 1.29 is 13.2 Å². The maximum Gasteiger partial charge on any atom is 0.274 e. The van der Waals surface area contributed by atoms with Crippen LogP contribution < -0.4 is 0 Å². The molecule has 1 aromatic carbocycles. The van der Waals surface area contributed by atoms with Crippen LogP contribution in [0.5, 0.6) is 0 Å². The first kappa shape index (κ1) is 21.8. The highest BCUT2D eigenvalue weighted by Gasteiger charge is 2.26. The molecule has 0 spiro atoms. The van der Waals surface area contributed by atoms with Gasteiger partial charge in [0.25, 0.3) is 5.91 Å². The molecule has 1 amide bonds. The molecular formula is C23H25N5O3S. The molecule has 0 bridgehead atoms. The van der Waals surface area contributed by atoms with Gasteiger partial charge in [-0.15, -0.1) is 0 Å². The van der Waals surface area contributed by atoms with Gasteiger partial charge in [-0.1, -0.05) is 24.3 Å². The third-order valence-corrected chi connectivity index (χ3v) is 6.53. The number of amides is 1. The summed E-state index contributed by atoms with van der Waals surface area (Å²) in [6.45, 7) is 6.25. The van der Waals surface area contributed by atoms with Crippen molar-refractivity contribution in [1.82, 2.24) is 24.1 Å². The fraction of sp³-hybridized carbons (Fsp3) is 0.261. The highest BCUT2D eigenvalue weighted by molar-refractivity contribution is 7.90. The highest BCUT2D eigenvalue weighted by Crippen LogP contribution is 2.23. The summed E-state index contributed by atoms with van der Waals surface area (Å²) in [5.41, 5.74) is 5.37. The normalized spacial score (nSPS) is 11.8. The SMILES string of the molecule is Cc1ccccc1-n1nc(C)c(CN(C)C(=O)c2nc(S(C)(=O)=O)n3ccccc23)c1C. The summed E-state index contributed by atoms with van der Waals surface area (Å²) in [5, 5.41) is 4.54. The molecule has 3 heterocycles. The molecule has 32 heavy (non-hydrogen) atoms. The van der Waals surface area contributed by atoms with E-state index in [4.69, 9.17) is 5.10 Å². The van der Waals surface area contributed by atoms with Gasteiger partial charge in [0.2, 0.25) is 15.0 Å². The van der Waals surface area contributed by atoms with Gasteiger partial charge in [0.15, 0.2) is 5.69 Å². The molecule has 0 saturated heterocycles. The van der Waals surface area contributed by atoms with Crippen LogP contribution in [0.1, 0.15) is 33.0 Å². The van der Waals surface area contributed by atoms with E-state index in [1.807, 2.05) is 49.7 Å². The molecule has 4 aromatic rings. The number of rotatable bonds is 5. The van der Waals surface area contributed by atoms with Crippen LogP contribution in [0.15, 0.2) is 53.8 Å². The third-order valence-electron chi connectivity index (χ3n) is 5.58. The third kappa shape index (κ3) is 3.69. The number of imidazole rings is 1. The molecule has 0 radical (unpaired) electrons. The number of para-hydroxylation sites is 1. The predicted molar refractivity (Wildman–Crippen MR) is 122 cm³/mol. The van der Waals surface area contributed by atoms with Crippen molar-refractivity contribution >= 4 is 21.3 Å². The van der Waals surface area contributed by atoms with Gasteiger partial charge in [-0.2, -0.15) is 5.10 Å². The number of aromatic nitrogens is 4. The lowest BCUT2D eigenvalue weighted by Gasteiger charge is -2.17. The quantitative estimate of drug-likeness (QED) is 0.465. The molecule has 0 fully saturated rings. The largest absolute Gasteiger partial charge is 0.336 e. The van der Waals surface area contributed by atoms with Crippen LogP contribution in [0.3, 0.4) is 0 Å². The number of pyridine rings is 1. The summed E-state index contributed by atoms with van der Waals surface area (Å²) in [4.78, 5) is 19.0. The second-order valence-corrected chi connectivity index (χ2v) is 9.89. The van der Waals surface area contributed by atoms with E-state index in [-0.39, 0.29) is 16.8 Å². The van der Waals surface area contributed by atoms with Crippen LogP contribution >= 0.6 is 0 Å². The Balaban J connectivity index is 1.70. The maximum absolute atomic E-state index is 13.3. The Kier molecular flexibility index (Phi) is 5.37. The summed E-state index contributed by atoms with van der Waals surface area (Å²) >= 11 is 0. The Bertz CT molecular complexity index is 1450. The first-order chi connectivity index (χ1) is 15.1. The van der Waals surface area contributed by atoms with E-state index < -0.39 is 9.84 Å². The lowest BCUT2D eigenvalue weighted by molar-refractivity contribution is 0.0781. The van der Waals surface area contributed by atoms with Gasteiger partial charge in [-0.3, -0.25) is 9.20 Å². The van der Waals surface area contributed by atoms with Gasteiger partial charge in [-0.05, 0) is 44.5 Å². The smallest absolute Gasteiger partial charge is 0.274 e. The Labute approximate surface area is 187 Å². The average molecular weight is 452 g/mol. The predicted octanol–water partition coefficient (Wildman–Crippen LogP) is 3.12. The van der Waals surface area contributed by atoms with E-state index in [1.54, 1.807) is 36.3 Å². The van der Waals surface area contributed by atoms with Crippen LogP contribution in [0, 0.1) is 20.8 Å². The number of hydrogen-bond donors (Lipinski definition) is 0. The zero-order valence-electron chi connectivity index (χ0n) is 18.7. The lowest BCUT2D eigenvalue weighted by atomic mass is 10.1. The number of carbonyl (C=O) groups is 1. The van der Waals surface area contributed by atoms with E-state index in [9.17, 15) is 13.2 Å². The van der Waals surface area contributed by atoms with Gasteiger partial charge in [0, 0.05) is 37.3 Å². The van der Waals surface area contributed by atoms with E-state index in [0.717, 1.165) is 34.5 Å². The van der Waals surface area contributed by atoms with Gasteiger partial charge in [-0.25, -0.2) is 18.1 Å². The van der Waals surface area contributed by atoms with Gasteiger partial charge < -0.3 is 4.90 Å². The molecule has 0 saturated carbocycles. The van der Waals surface area contributed by atoms with Crippen LogP contribution in [0.25, 0.3) is 11.2 Å². The Hall–Kier alpha value is -3.46. The molecule has 0 aliphatic carbocycles. The standard InChI is InChI=1S/C23H25N5O3S/c1-15-10-6-7-11-19(15)28-17(3)18(16(2)25-28)14-26(4)22(29)21-20-12-8-9-13-27(20)23(24-21)32(5,30)31/h6-13H,14H2,1-5H3. The van der Waals surface area contributed by atoms with Crippen molar-refractivity contribution in [1.29, 1.82) is 0 Å². The maximum atomic E-state index is 13.3. The van der Waals surface area contributed by atoms with Gasteiger partial charge in [0.05, 0.1) is 16.9 Å². The number of sulfone groups is 1. The van der Waals surface area contributed by atoms with Crippen LogP contribution in [-0.4, -0.2) is 51.7 Å². The van der Waals surface area contributed by atoms with Gasteiger partial charge in [0.1, 0.15) is 0 Å². The minimum absolute atomic E-state index is 0.107. The second kappa shape index (κ2) is 7.90. The fourth-order valence-electron chi connectivity index (χ4n) is 3.86. The van der Waals surface area contributed by atoms with Crippen molar-refractivity contribution in [2.75, 3.05) is 13.3 Å². The van der Waals surface area contributed by atoms with Crippen molar-refractivity contribution in [2.24, 2.45) is 0 Å². The van der Waals surface area contributed by atoms with Crippen LogP contribution in [-0.2, 0) is 16.4 Å².